The number of nitrogens with zero attached hydrogens (tertiary/aromatic N) is 2. The summed E-state index contributed by atoms with van der Waals surface area (Å²) in [5, 5.41) is 13.3. The van der Waals surface area contributed by atoms with E-state index in [4.69, 9.17) is 4.74 Å². The Bertz CT molecular complexity index is 706. The molecule has 0 radical (unpaired) electrons. The topological polar surface area (TPSA) is 97.0 Å². The average molecular weight is 316 g/mol. The summed E-state index contributed by atoms with van der Waals surface area (Å²) < 4.78 is 5.42. The average Bonchev–Trinajstić information content (AvgIpc) is 3.20. The molecule has 1 aromatic heterocycles. The van der Waals surface area contributed by atoms with Crippen LogP contribution >= 0.6 is 0 Å². The Balaban J connectivity index is 1.64. The summed E-state index contributed by atoms with van der Waals surface area (Å²) in [7, 11) is 0. The Morgan fingerprint density at radius 2 is 2.04 bits per heavy atom. The largest absolute Gasteiger partial charge is 0.459 e. The van der Waals surface area contributed by atoms with E-state index in [0.29, 0.717) is 0 Å². The first-order chi connectivity index (χ1) is 11.1. The Morgan fingerprint density at radius 3 is 2.78 bits per heavy atom. The van der Waals surface area contributed by atoms with Crippen LogP contribution in [0.2, 0.25) is 0 Å². The molecular formula is C16H20N4O3. The summed E-state index contributed by atoms with van der Waals surface area (Å²) >= 11 is 0. The van der Waals surface area contributed by atoms with E-state index < -0.39 is 6.04 Å². The van der Waals surface area contributed by atoms with Crippen LogP contribution in [0.5, 0.6) is 0 Å². The molecule has 0 bridgehead atoms. The number of aromatic nitrogens is 3. The summed E-state index contributed by atoms with van der Waals surface area (Å²) in [6, 6.07) is 4.95. The molecule has 0 aliphatic heterocycles. The molecular weight excluding hydrogens is 296 g/mol. The number of H-pyrrole nitrogens is 1. The van der Waals surface area contributed by atoms with Crippen molar-refractivity contribution < 1.29 is 14.3 Å². The fourth-order valence-corrected chi connectivity index (χ4v) is 3.10. The first kappa shape index (κ1) is 15.5. The van der Waals surface area contributed by atoms with E-state index >= 15 is 0 Å². The zero-order valence-electron chi connectivity index (χ0n) is 13.0. The maximum atomic E-state index is 12.4. The number of carbonyl (C=O) groups is 2. The van der Waals surface area contributed by atoms with Gasteiger partial charge in [0.15, 0.2) is 0 Å². The molecule has 2 aromatic rings. The lowest BCUT2D eigenvalue weighted by Gasteiger charge is -2.22. The molecule has 0 spiro atoms. The van der Waals surface area contributed by atoms with Gasteiger partial charge in [0, 0.05) is 6.92 Å². The normalized spacial score (nSPS) is 16.4. The van der Waals surface area contributed by atoms with Crippen LogP contribution in [0, 0.1) is 5.92 Å². The van der Waals surface area contributed by atoms with Crippen LogP contribution < -0.4 is 5.32 Å². The molecule has 0 saturated heterocycles. The lowest BCUT2D eigenvalue weighted by atomic mass is 9.98. The Kier molecular flexibility index (Phi) is 4.55. The molecule has 1 amide bonds. The smallest absolute Gasteiger partial charge is 0.329 e. The number of ether oxygens (including phenoxy) is 1. The number of rotatable bonds is 5. The fourth-order valence-electron chi connectivity index (χ4n) is 3.10. The van der Waals surface area contributed by atoms with E-state index in [1.807, 2.05) is 18.2 Å². The van der Waals surface area contributed by atoms with Crippen LogP contribution in [0.15, 0.2) is 18.2 Å². The molecule has 1 saturated carbocycles. The molecule has 7 heteroatoms. The van der Waals surface area contributed by atoms with Crippen molar-refractivity contribution in [2.45, 2.75) is 45.3 Å². The molecule has 23 heavy (non-hydrogen) atoms. The van der Waals surface area contributed by atoms with Gasteiger partial charge in [0.1, 0.15) is 23.7 Å². The summed E-state index contributed by atoms with van der Waals surface area (Å²) in [4.78, 5) is 23.8. The van der Waals surface area contributed by atoms with Crippen molar-refractivity contribution in [1.82, 2.24) is 20.7 Å². The van der Waals surface area contributed by atoms with E-state index in [-0.39, 0.29) is 24.4 Å². The van der Waals surface area contributed by atoms with Crippen LogP contribution in [0.4, 0.5) is 0 Å². The van der Waals surface area contributed by atoms with Gasteiger partial charge >= 0.3 is 5.97 Å². The van der Waals surface area contributed by atoms with E-state index in [1.54, 1.807) is 0 Å². The lowest BCUT2D eigenvalue weighted by molar-refractivity contribution is -0.150. The van der Waals surface area contributed by atoms with Gasteiger partial charge in [-0.3, -0.25) is 4.79 Å². The van der Waals surface area contributed by atoms with Crippen LogP contribution in [-0.4, -0.2) is 33.3 Å². The lowest BCUT2D eigenvalue weighted by Crippen LogP contribution is -2.45. The van der Waals surface area contributed by atoms with Gasteiger partial charge in [0.05, 0.1) is 0 Å². The standard InChI is InChI=1S/C16H20N4O3/c1-10(21)17-15(12-4-2-3-5-12)16(22)23-9-11-6-7-13-14(8-11)19-20-18-13/h6-8,12,15H,2-5,9H2,1H3,(H,17,21)(H,18,19,20). The summed E-state index contributed by atoms with van der Waals surface area (Å²) in [6.45, 7) is 1.58. The molecule has 7 nitrogen and oxygen atoms in total. The second-order valence-electron chi connectivity index (χ2n) is 5.98. The van der Waals surface area contributed by atoms with Gasteiger partial charge in [0.25, 0.3) is 0 Å². The molecule has 1 aliphatic carbocycles. The monoisotopic (exact) mass is 316 g/mol. The Labute approximate surface area is 133 Å². The molecule has 1 unspecified atom stereocenters. The van der Waals surface area contributed by atoms with Gasteiger partial charge in [-0.15, -0.1) is 0 Å². The minimum absolute atomic E-state index is 0.157. The first-order valence-electron chi connectivity index (χ1n) is 7.86. The van der Waals surface area contributed by atoms with Crippen molar-refractivity contribution in [3.05, 3.63) is 23.8 Å². The molecule has 1 aliphatic rings. The predicted octanol–water partition coefficient (Wildman–Crippen LogP) is 1.70. The van der Waals surface area contributed by atoms with Crippen LogP contribution in [0.25, 0.3) is 11.0 Å². The highest BCUT2D eigenvalue weighted by molar-refractivity contribution is 5.83. The number of amides is 1. The highest BCUT2D eigenvalue weighted by Crippen LogP contribution is 2.28. The van der Waals surface area contributed by atoms with Crippen LogP contribution in [0.1, 0.15) is 38.2 Å². The maximum Gasteiger partial charge on any atom is 0.329 e. The van der Waals surface area contributed by atoms with Crippen LogP contribution in [0.3, 0.4) is 0 Å². The second-order valence-corrected chi connectivity index (χ2v) is 5.98. The number of nitrogens with one attached hydrogen (secondary N) is 2. The molecule has 122 valence electrons. The number of hydrogen-bond donors (Lipinski definition) is 2. The van der Waals surface area contributed by atoms with Gasteiger partial charge in [0.2, 0.25) is 5.91 Å². The second kappa shape index (κ2) is 6.76. The highest BCUT2D eigenvalue weighted by Gasteiger charge is 2.32. The van der Waals surface area contributed by atoms with Crippen molar-refractivity contribution >= 4 is 22.9 Å². The summed E-state index contributed by atoms with van der Waals surface area (Å²) in [6.07, 6.45) is 4.09. The number of hydrogen-bond acceptors (Lipinski definition) is 5. The maximum absolute atomic E-state index is 12.4. The number of aromatic amines is 1. The van der Waals surface area contributed by atoms with Crippen molar-refractivity contribution in [2.75, 3.05) is 0 Å². The molecule has 1 atom stereocenters. The fraction of sp³-hybridized carbons (Fsp3) is 0.500. The summed E-state index contributed by atoms with van der Waals surface area (Å²) in [5.41, 5.74) is 2.34. The predicted molar refractivity (Wildman–Crippen MR) is 83.2 cm³/mol. The van der Waals surface area contributed by atoms with Gasteiger partial charge in [-0.1, -0.05) is 18.9 Å². The SMILES string of the molecule is CC(=O)NC(C(=O)OCc1ccc2n[nH]nc2c1)C1CCCC1. The van der Waals surface area contributed by atoms with Crippen LogP contribution in [-0.2, 0) is 20.9 Å². The zero-order valence-corrected chi connectivity index (χ0v) is 13.0. The van der Waals surface area contributed by atoms with Crippen molar-refractivity contribution in [3.8, 4) is 0 Å². The van der Waals surface area contributed by atoms with E-state index in [0.717, 1.165) is 42.3 Å². The molecule has 1 aromatic carbocycles. The molecule has 1 fully saturated rings. The molecule has 1 heterocycles. The minimum Gasteiger partial charge on any atom is -0.459 e. The zero-order chi connectivity index (χ0) is 16.2. The number of carbonyl (C=O) groups excluding carboxylic acids is 2. The number of benzene rings is 1. The quantitative estimate of drug-likeness (QED) is 0.818. The number of esters is 1. The van der Waals surface area contributed by atoms with E-state index in [2.05, 4.69) is 20.7 Å². The Hall–Kier alpha value is -2.44. The highest BCUT2D eigenvalue weighted by atomic mass is 16.5. The third-order valence-corrected chi connectivity index (χ3v) is 4.25. The van der Waals surface area contributed by atoms with Crippen molar-refractivity contribution in [2.24, 2.45) is 5.92 Å². The van der Waals surface area contributed by atoms with E-state index in [1.165, 1.54) is 6.92 Å². The molecule has 3 rings (SSSR count). The molecule has 2 N–H and O–H groups in total. The van der Waals surface area contributed by atoms with Gasteiger partial charge in [-0.05, 0) is 36.5 Å². The minimum atomic E-state index is -0.550. The third-order valence-electron chi connectivity index (χ3n) is 4.25. The van der Waals surface area contributed by atoms with E-state index in [9.17, 15) is 9.59 Å². The van der Waals surface area contributed by atoms with Crippen molar-refractivity contribution in [1.29, 1.82) is 0 Å². The van der Waals surface area contributed by atoms with Crippen molar-refractivity contribution in [3.63, 3.8) is 0 Å². The van der Waals surface area contributed by atoms with Gasteiger partial charge in [-0.2, -0.15) is 15.4 Å². The Morgan fingerprint density at radius 1 is 1.30 bits per heavy atom. The van der Waals surface area contributed by atoms with Gasteiger partial charge in [-0.25, -0.2) is 4.79 Å². The third kappa shape index (κ3) is 3.67. The summed E-state index contributed by atoms with van der Waals surface area (Å²) in [5.74, 6) is -0.403. The number of fused-ring (bicyclic) bond motifs is 1. The van der Waals surface area contributed by atoms with Gasteiger partial charge < -0.3 is 10.1 Å². The first-order valence-corrected chi connectivity index (χ1v) is 7.86.